The highest BCUT2D eigenvalue weighted by Gasteiger charge is 2.18. The maximum Gasteiger partial charge on any atom is 0.170 e. The average Bonchev–Trinajstić information content (AvgIpc) is 3.05. The normalized spacial score (nSPS) is 10.7. The number of rotatable bonds is 7. The van der Waals surface area contributed by atoms with E-state index in [1.807, 2.05) is 6.07 Å². The molecule has 0 spiro atoms. The van der Waals surface area contributed by atoms with Crippen LogP contribution in [0.5, 0.6) is 11.5 Å². The fourth-order valence-electron chi connectivity index (χ4n) is 2.40. The number of benzene rings is 1. The molecule has 0 atom stereocenters. The zero-order chi connectivity index (χ0) is 19.1. The molecule has 0 amide bonds. The summed E-state index contributed by atoms with van der Waals surface area (Å²) in [5, 5.41) is 33.2. The molecule has 0 aliphatic carbocycles. The predicted molar refractivity (Wildman–Crippen MR) is 89.6 cm³/mol. The van der Waals surface area contributed by atoms with Crippen molar-refractivity contribution in [2.24, 2.45) is 0 Å². The van der Waals surface area contributed by atoms with E-state index < -0.39 is 11.5 Å². The van der Waals surface area contributed by atoms with Gasteiger partial charge < -0.3 is 19.4 Å². The van der Waals surface area contributed by atoms with Gasteiger partial charge in [0.2, 0.25) is 0 Å². The summed E-state index contributed by atoms with van der Waals surface area (Å²) in [6.07, 6.45) is 2.97. The molecule has 0 fully saturated rings. The maximum atomic E-state index is 11.1. The molecule has 0 aliphatic rings. The first-order chi connectivity index (χ1) is 12.5. The van der Waals surface area contributed by atoms with Gasteiger partial charge in [0, 0.05) is 17.3 Å². The second kappa shape index (κ2) is 8.36. The van der Waals surface area contributed by atoms with E-state index in [0.717, 1.165) is 0 Å². The largest absolute Gasteiger partial charge is 0.544 e. The van der Waals surface area contributed by atoms with Gasteiger partial charge in [0.05, 0.1) is 44.8 Å². The number of hydrogen-bond acceptors (Lipinski definition) is 7. The molecule has 0 aliphatic heterocycles. The zero-order valence-electron chi connectivity index (χ0n) is 14.2. The number of carbonyl (C=O) groups is 1. The topological polar surface area (TPSA) is 124 Å². The van der Waals surface area contributed by atoms with E-state index in [2.05, 4.69) is 5.10 Å². The van der Waals surface area contributed by atoms with Crippen LogP contribution < -0.4 is 14.6 Å². The molecular weight excluding hydrogens is 336 g/mol. The molecule has 0 saturated carbocycles. The Labute approximate surface area is 150 Å². The van der Waals surface area contributed by atoms with E-state index in [-0.39, 0.29) is 6.42 Å². The summed E-state index contributed by atoms with van der Waals surface area (Å²) in [5.41, 5.74) is 0.806. The van der Waals surface area contributed by atoms with Crippen molar-refractivity contribution in [1.29, 1.82) is 10.5 Å². The molecule has 1 aromatic carbocycles. The lowest BCUT2D eigenvalue weighted by Crippen LogP contribution is -2.23. The third kappa shape index (κ3) is 3.82. The number of carboxylic acids is 1. The Morgan fingerprint density at radius 2 is 2.12 bits per heavy atom. The number of hydrogen-bond donors (Lipinski definition) is 0. The van der Waals surface area contributed by atoms with E-state index in [4.69, 9.17) is 20.0 Å². The Morgan fingerprint density at radius 1 is 1.35 bits per heavy atom. The average molecular weight is 351 g/mol. The molecule has 0 bridgehead atoms. The van der Waals surface area contributed by atoms with E-state index in [9.17, 15) is 9.90 Å². The first-order valence-electron chi connectivity index (χ1n) is 7.54. The third-order valence-electron chi connectivity index (χ3n) is 3.54. The van der Waals surface area contributed by atoms with Crippen LogP contribution in [0.1, 0.15) is 12.0 Å². The van der Waals surface area contributed by atoms with Gasteiger partial charge in [0.15, 0.2) is 11.5 Å². The summed E-state index contributed by atoms with van der Waals surface area (Å²) in [6, 6.07) is 8.79. The smallest absolute Gasteiger partial charge is 0.170 e. The minimum absolute atomic E-state index is 0.227. The molecule has 1 aromatic heterocycles. The molecule has 2 rings (SSSR count). The molecule has 8 heteroatoms. The van der Waals surface area contributed by atoms with Gasteiger partial charge in [0.1, 0.15) is 11.8 Å². The van der Waals surface area contributed by atoms with Gasteiger partial charge >= 0.3 is 0 Å². The summed E-state index contributed by atoms with van der Waals surface area (Å²) in [4.78, 5) is 11.1. The van der Waals surface area contributed by atoms with Crippen LogP contribution in [0.3, 0.4) is 0 Å². The molecule has 26 heavy (non-hydrogen) atoms. The minimum atomic E-state index is -1.58. The fraction of sp³-hybridized carbons (Fsp3) is 0.222. The second-order valence-corrected chi connectivity index (χ2v) is 5.10. The molecule has 132 valence electrons. The summed E-state index contributed by atoms with van der Waals surface area (Å²) in [6.45, 7) is 0.316. The minimum Gasteiger partial charge on any atom is -0.544 e. The molecule has 1 heterocycles. The molecule has 2 aromatic rings. The lowest BCUT2D eigenvalue weighted by atomic mass is 10.0. The highest BCUT2D eigenvalue weighted by Crippen LogP contribution is 2.38. The van der Waals surface area contributed by atoms with Crippen LogP contribution in [0.2, 0.25) is 0 Å². The number of ether oxygens (including phenoxy) is 2. The van der Waals surface area contributed by atoms with Crippen LogP contribution in [-0.2, 0) is 11.3 Å². The monoisotopic (exact) mass is 351 g/mol. The number of nitriles is 2. The van der Waals surface area contributed by atoms with Gasteiger partial charge in [-0.25, -0.2) is 0 Å². The van der Waals surface area contributed by atoms with Gasteiger partial charge in [-0.2, -0.15) is 15.6 Å². The van der Waals surface area contributed by atoms with Gasteiger partial charge in [-0.05, 0) is 18.2 Å². The Hall–Kier alpha value is -3.78. The maximum absolute atomic E-state index is 11.1. The lowest BCUT2D eigenvalue weighted by Gasteiger charge is -2.11. The van der Waals surface area contributed by atoms with Crippen LogP contribution in [0.15, 0.2) is 30.0 Å². The molecular formula is C18H15N4O4-. The van der Waals surface area contributed by atoms with E-state index >= 15 is 0 Å². The SMILES string of the molecule is COc1cccc(-c2nn(CCC#N)cc2/C=C(\C#N)C(=O)[O-])c1OC. The van der Waals surface area contributed by atoms with Crippen molar-refractivity contribution in [3.05, 3.63) is 35.5 Å². The third-order valence-corrected chi connectivity index (χ3v) is 3.54. The molecule has 0 unspecified atom stereocenters. The van der Waals surface area contributed by atoms with Crippen LogP contribution >= 0.6 is 0 Å². The van der Waals surface area contributed by atoms with Gasteiger partial charge in [-0.15, -0.1) is 0 Å². The van der Waals surface area contributed by atoms with E-state index in [1.165, 1.54) is 25.0 Å². The predicted octanol–water partition coefficient (Wildman–Crippen LogP) is 1.14. The van der Waals surface area contributed by atoms with Crippen molar-refractivity contribution in [3.8, 4) is 34.9 Å². The van der Waals surface area contributed by atoms with Crippen molar-refractivity contribution in [3.63, 3.8) is 0 Å². The first kappa shape index (κ1) is 18.6. The Kier molecular flexibility index (Phi) is 5.96. The zero-order valence-corrected chi connectivity index (χ0v) is 14.2. The highest BCUT2D eigenvalue weighted by atomic mass is 16.5. The summed E-state index contributed by atoms with van der Waals surface area (Å²) in [5.74, 6) is -0.685. The molecule has 0 radical (unpaired) electrons. The van der Waals surface area contributed by atoms with Crippen molar-refractivity contribution in [2.45, 2.75) is 13.0 Å². The second-order valence-electron chi connectivity index (χ2n) is 5.10. The van der Waals surface area contributed by atoms with Crippen molar-refractivity contribution < 1.29 is 19.4 Å². The number of para-hydroxylation sites is 1. The van der Waals surface area contributed by atoms with Gasteiger partial charge in [0.25, 0.3) is 0 Å². The molecule has 0 saturated heterocycles. The summed E-state index contributed by atoms with van der Waals surface area (Å²) < 4.78 is 12.2. The number of nitrogens with zero attached hydrogens (tertiary/aromatic N) is 4. The Balaban J connectivity index is 2.68. The number of aromatic nitrogens is 2. The highest BCUT2D eigenvalue weighted by molar-refractivity contribution is 5.96. The van der Waals surface area contributed by atoms with Crippen LogP contribution in [0, 0.1) is 22.7 Å². The summed E-state index contributed by atoms with van der Waals surface area (Å²) in [7, 11) is 2.98. The number of carboxylic acid groups (broad SMARTS) is 1. The fourth-order valence-corrected chi connectivity index (χ4v) is 2.40. The Morgan fingerprint density at radius 3 is 2.69 bits per heavy atom. The van der Waals surface area contributed by atoms with E-state index in [0.29, 0.717) is 34.9 Å². The molecule has 0 N–H and O–H groups in total. The van der Waals surface area contributed by atoms with Crippen LogP contribution in [-0.4, -0.2) is 30.0 Å². The quantitative estimate of drug-likeness (QED) is 0.541. The summed E-state index contributed by atoms with van der Waals surface area (Å²) >= 11 is 0. The number of methoxy groups -OCH3 is 2. The number of aryl methyl sites for hydroxylation is 1. The van der Waals surface area contributed by atoms with Crippen LogP contribution in [0.25, 0.3) is 17.3 Å². The lowest BCUT2D eigenvalue weighted by molar-refractivity contribution is -0.298. The van der Waals surface area contributed by atoms with Crippen molar-refractivity contribution in [1.82, 2.24) is 9.78 Å². The Bertz CT molecular complexity index is 932. The standard InChI is InChI=1S/C18H16N4O4/c1-25-15-6-3-5-14(17(15)26-2)16-13(9-12(10-20)18(23)24)11-22(21-16)8-4-7-19/h3,5-6,9,11H,4,8H2,1-2H3,(H,23,24)/p-1/b12-9+. The van der Waals surface area contributed by atoms with Gasteiger partial charge in [-0.1, -0.05) is 6.07 Å². The van der Waals surface area contributed by atoms with Crippen LogP contribution in [0.4, 0.5) is 0 Å². The molecule has 8 nitrogen and oxygen atoms in total. The van der Waals surface area contributed by atoms with Crippen molar-refractivity contribution in [2.75, 3.05) is 14.2 Å². The number of carbonyl (C=O) groups excluding carboxylic acids is 1. The van der Waals surface area contributed by atoms with Gasteiger partial charge in [-0.3, -0.25) is 4.68 Å². The first-order valence-corrected chi connectivity index (χ1v) is 7.54. The number of aliphatic carboxylic acids is 1. The van der Waals surface area contributed by atoms with E-state index in [1.54, 1.807) is 30.5 Å². The van der Waals surface area contributed by atoms with Crippen molar-refractivity contribution >= 4 is 12.0 Å².